The highest BCUT2D eigenvalue weighted by Gasteiger charge is 2.38. The van der Waals surface area contributed by atoms with Crippen molar-refractivity contribution in [2.24, 2.45) is 0 Å². The van der Waals surface area contributed by atoms with Gasteiger partial charge in [0.2, 0.25) is 5.91 Å². The Bertz CT molecular complexity index is 1390. The van der Waals surface area contributed by atoms with Crippen molar-refractivity contribution in [2.75, 3.05) is 56.2 Å². The zero-order chi connectivity index (χ0) is 29.1. The number of piperazine rings is 1. The molecule has 5 rings (SSSR count). The number of hydrogen-bond donors (Lipinski definition) is 0. The molecule has 1 amide bonds. The first kappa shape index (κ1) is 28.2. The third-order valence-electron chi connectivity index (χ3n) is 7.67. The van der Waals surface area contributed by atoms with E-state index in [2.05, 4.69) is 33.6 Å². The van der Waals surface area contributed by atoms with E-state index in [1.54, 1.807) is 9.80 Å². The van der Waals surface area contributed by atoms with Gasteiger partial charge in [0, 0.05) is 57.2 Å². The number of nitriles is 1. The lowest BCUT2D eigenvalue weighted by Crippen LogP contribution is -2.55. The van der Waals surface area contributed by atoms with Crippen LogP contribution in [0.5, 0.6) is 6.01 Å². The van der Waals surface area contributed by atoms with Gasteiger partial charge in [0.25, 0.3) is 0 Å². The number of hydrogen-bond acceptors (Lipinski definition) is 9. The molecule has 1 saturated heterocycles. The van der Waals surface area contributed by atoms with Crippen molar-refractivity contribution < 1.29 is 22.7 Å². The van der Waals surface area contributed by atoms with E-state index >= 15 is 0 Å². The van der Waals surface area contributed by atoms with Crippen LogP contribution in [0, 0.1) is 11.3 Å². The molecule has 1 atom stereocenters. The van der Waals surface area contributed by atoms with Gasteiger partial charge in [0.15, 0.2) is 5.69 Å². The Morgan fingerprint density at radius 2 is 2.07 bits per heavy atom. The summed E-state index contributed by atoms with van der Waals surface area (Å²) in [5.41, 5.74) is 1.46. The SMILES string of the molecule is C=CC(=O)N1CCN(c2nc(OCC3=CCCN3C)nc3c2CCN(c2cccnc2C(F)(F)F)C3)CC1CC#N. The fourth-order valence-electron chi connectivity index (χ4n) is 5.56. The summed E-state index contributed by atoms with van der Waals surface area (Å²) >= 11 is 0. The largest absolute Gasteiger partial charge is 0.457 e. The van der Waals surface area contributed by atoms with E-state index in [9.17, 15) is 23.2 Å². The molecule has 216 valence electrons. The van der Waals surface area contributed by atoms with Crippen molar-refractivity contribution in [3.63, 3.8) is 0 Å². The second-order valence-corrected chi connectivity index (χ2v) is 10.2. The van der Waals surface area contributed by atoms with E-state index in [-0.39, 0.29) is 43.2 Å². The number of halogens is 3. The van der Waals surface area contributed by atoms with Crippen LogP contribution in [-0.2, 0) is 23.9 Å². The molecule has 0 aliphatic carbocycles. The molecule has 1 fully saturated rings. The van der Waals surface area contributed by atoms with Gasteiger partial charge in [-0.2, -0.15) is 28.4 Å². The predicted molar refractivity (Wildman–Crippen MR) is 145 cm³/mol. The van der Waals surface area contributed by atoms with Crippen LogP contribution in [0.15, 0.2) is 42.8 Å². The van der Waals surface area contributed by atoms with Gasteiger partial charge in [-0.15, -0.1) is 0 Å². The maximum atomic E-state index is 13.8. The van der Waals surface area contributed by atoms with Gasteiger partial charge in [-0.1, -0.05) is 12.7 Å². The number of anilines is 2. The van der Waals surface area contributed by atoms with Gasteiger partial charge in [0.1, 0.15) is 12.4 Å². The molecule has 3 aliphatic rings. The van der Waals surface area contributed by atoms with Crippen LogP contribution in [0.2, 0.25) is 0 Å². The molecule has 0 bridgehead atoms. The standard InChI is InChI=1S/C28H31F3N8O2/c1-3-24(40)39-15-14-38(16-19(39)8-10-32)26-21-9-13-37(23-7-4-11-33-25(23)28(29,30)31)17-22(21)34-27(35-26)41-18-20-6-5-12-36(20)2/h3-4,6-7,11,19H,1,5,8-9,12-18H2,2H3. The molecule has 2 aromatic rings. The molecule has 1 unspecified atom stereocenters. The van der Waals surface area contributed by atoms with E-state index in [1.165, 1.54) is 18.2 Å². The maximum Gasteiger partial charge on any atom is 0.435 e. The van der Waals surface area contributed by atoms with Crippen LogP contribution in [0.25, 0.3) is 0 Å². The smallest absolute Gasteiger partial charge is 0.435 e. The third kappa shape index (κ3) is 5.91. The summed E-state index contributed by atoms with van der Waals surface area (Å²) in [6, 6.07) is 4.84. The number of aromatic nitrogens is 3. The molecular weight excluding hydrogens is 537 g/mol. The van der Waals surface area contributed by atoms with Gasteiger partial charge >= 0.3 is 12.2 Å². The zero-order valence-electron chi connectivity index (χ0n) is 22.8. The summed E-state index contributed by atoms with van der Waals surface area (Å²) in [6.07, 6.45) is 1.34. The lowest BCUT2D eigenvalue weighted by molar-refractivity contribution is -0.140. The number of fused-ring (bicyclic) bond motifs is 1. The first-order valence-electron chi connectivity index (χ1n) is 13.4. The highest BCUT2D eigenvalue weighted by Crippen LogP contribution is 2.38. The van der Waals surface area contributed by atoms with Crippen molar-refractivity contribution in [3.8, 4) is 12.1 Å². The Hall–Kier alpha value is -4.34. The van der Waals surface area contributed by atoms with Gasteiger partial charge < -0.3 is 24.3 Å². The summed E-state index contributed by atoms with van der Waals surface area (Å²) in [7, 11) is 1.98. The third-order valence-corrected chi connectivity index (χ3v) is 7.67. The fraction of sp³-hybridized carbons (Fsp3) is 0.464. The number of pyridine rings is 1. The van der Waals surface area contributed by atoms with Crippen LogP contribution >= 0.6 is 0 Å². The monoisotopic (exact) mass is 568 g/mol. The van der Waals surface area contributed by atoms with Crippen LogP contribution in [-0.4, -0.2) is 83.1 Å². The van der Waals surface area contributed by atoms with Crippen molar-refractivity contribution in [1.29, 1.82) is 5.26 Å². The van der Waals surface area contributed by atoms with E-state index in [1.807, 2.05) is 11.9 Å². The lowest BCUT2D eigenvalue weighted by Gasteiger charge is -2.42. The highest BCUT2D eigenvalue weighted by molar-refractivity contribution is 5.87. The van der Waals surface area contributed by atoms with E-state index in [0.717, 1.165) is 30.4 Å². The second-order valence-electron chi connectivity index (χ2n) is 10.2. The summed E-state index contributed by atoms with van der Waals surface area (Å²) < 4.78 is 47.3. The van der Waals surface area contributed by atoms with Crippen molar-refractivity contribution in [2.45, 2.75) is 38.0 Å². The summed E-state index contributed by atoms with van der Waals surface area (Å²) in [6.45, 7) is 6.37. The Balaban J connectivity index is 1.48. The topological polar surface area (TPSA) is 102 Å². The number of amides is 1. The molecule has 5 heterocycles. The molecule has 10 nitrogen and oxygen atoms in total. The summed E-state index contributed by atoms with van der Waals surface area (Å²) in [5, 5.41) is 9.42. The highest BCUT2D eigenvalue weighted by atomic mass is 19.4. The first-order valence-corrected chi connectivity index (χ1v) is 13.4. The van der Waals surface area contributed by atoms with Gasteiger partial charge in [-0.05, 0) is 31.1 Å². The van der Waals surface area contributed by atoms with E-state index in [0.29, 0.717) is 44.1 Å². The van der Waals surface area contributed by atoms with Crippen LogP contribution in [0.4, 0.5) is 24.7 Å². The fourth-order valence-corrected chi connectivity index (χ4v) is 5.56. The molecule has 0 saturated carbocycles. The summed E-state index contributed by atoms with van der Waals surface area (Å²) in [4.78, 5) is 32.8. The molecule has 0 N–H and O–H groups in total. The number of ether oxygens (including phenoxy) is 1. The van der Waals surface area contributed by atoms with Crippen LogP contribution in [0.1, 0.15) is 29.8 Å². The minimum Gasteiger partial charge on any atom is -0.457 e. The number of rotatable bonds is 7. The van der Waals surface area contributed by atoms with Crippen molar-refractivity contribution in [3.05, 3.63) is 59.7 Å². The number of carbonyl (C=O) groups is 1. The van der Waals surface area contributed by atoms with Gasteiger partial charge in [0.05, 0.1) is 36.5 Å². The number of likely N-dealkylation sites (N-methyl/N-ethyl adjacent to an activating group) is 1. The number of alkyl halides is 3. The average Bonchev–Trinajstić information content (AvgIpc) is 3.39. The molecule has 0 radical (unpaired) electrons. The molecular formula is C28H31F3N8O2. The number of nitrogens with zero attached hydrogens (tertiary/aromatic N) is 8. The minimum atomic E-state index is -4.60. The van der Waals surface area contributed by atoms with Crippen LogP contribution in [0.3, 0.4) is 0 Å². The predicted octanol–water partition coefficient (Wildman–Crippen LogP) is 3.17. The Morgan fingerprint density at radius 3 is 2.78 bits per heavy atom. The molecule has 13 heteroatoms. The van der Waals surface area contributed by atoms with Crippen molar-refractivity contribution >= 4 is 17.4 Å². The van der Waals surface area contributed by atoms with E-state index in [4.69, 9.17) is 9.72 Å². The Morgan fingerprint density at radius 1 is 1.24 bits per heavy atom. The molecule has 0 spiro atoms. The average molecular weight is 569 g/mol. The van der Waals surface area contributed by atoms with Gasteiger partial charge in [-0.25, -0.2) is 4.98 Å². The Kier molecular flexibility index (Phi) is 8.01. The minimum absolute atomic E-state index is 0.00310. The lowest BCUT2D eigenvalue weighted by atomic mass is 10.0. The molecule has 2 aromatic heterocycles. The first-order chi connectivity index (χ1) is 19.7. The summed E-state index contributed by atoms with van der Waals surface area (Å²) in [5.74, 6) is 0.384. The maximum absolute atomic E-state index is 13.8. The van der Waals surface area contributed by atoms with Gasteiger partial charge in [-0.3, -0.25) is 4.79 Å². The zero-order valence-corrected chi connectivity index (χ0v) is 22.8. The van der Waals surface area contributed by atoms with E-state index < -0.39 is 11.9 Å². The molecule has 3 aliphatic heterocycles. The Labute approximate surface area is 236 Å². The molecule has 41 heavy (non-hydrogen) atoms. The number of carbonyl (C=O) groups excluding carboxylic acids is 1. The quantitative estimate of drug-likeness (QED) is 0.466. The molecule has 0 aromatic carbocycles. The van der Waals surface area contributed by atoms with Crippen LogP contribution < -0.4 is 14.5 Å². The second kappa shape index (κ2) is 11.6. The normalized spacial score (nSPS) is 19.0. The van der Waals surface area contributed by atoms with Crippen molar-refractivity contribution in [1.82, 2.24) is 24.8 Å².